The molecular formula is C13H13ClF3N5O2S. The number of rotatable bonds is 5. The number of hydrogen-bond donors (Lipinski definition) is 1. The van der Waals surface area contributed by atoms with E-state index in [2.05, 4.69) is 20.3 Å². The molecule has 136 valence electrons. The van der Waals surface area contributed by atoms with Crippen molar-refractivity contribution in [3.05, 3.63) is 40.8 Å². The Morgan fingerprint density at radius 2 is 2.00 bits per heavy atom. The largest absolute Gasteiger partial charge is 0.420 e. The van der Waals surface area contributed by atoms with Crippen LogP contribution in [-0.2, 0) is 22.7 Å². The number of hydrogen-bond acceptors (Lipinski definition) is 6. The first-order valence-corrected chi connectivity index (χ1v) is 8.94. The molecule has 0 aliphatic carbocycles. The predicted octanol–water partition coefficient (Wildman–Crippen LogP) is 2.55. The van der Waals surface area contributed by atoms with Crippen molar-refractivity contribution in [1.29, 1.82) is 0 Å². The normalized spacial score (nSPS) is 12.1. The van der Waals surface area contributed by atoms with Crippen molar-refractivity contribution < 1.29 is 21.6 Å². The highest BCUT2D eigenvalue weighted by Gasteiger charge is 2.34. The summed E-state index contributed by atoms with van der Waals surface area (Å²) in [4.78, 5) is 11.1. The molecule has 2 rings (SSSR count). The molecule has 7 nitrogen and oxygen atoms in total. The number of halogens is 4. The number of nitrogens with one attached hydrogen (secondary N) is 1. The Kier molecular flexibility index (Phi) is 5.37. The number of sulfonamides is 1. The third-order valence-electron chi connectivity index (χ3n) is 3.15. The molecule has 0 aliphatic rings. The second-order valence-electron chi connectivity index (χ2n) is 4.97. The predicted molar refractivity (Wildman–Crippen MR) is 86.9 cm³/mol. The van der Waals surface area contributed by atoms with Gasteiger partial charge in [0, 0.05) is 31.5 Å². The number of aromatic nitrogens is 3. The molecule has 2 heterocycles. The van der Waals surface area contributed by atoms with Crippen LogP contribution in [0.4, 0.5) is 24.9 Å². The highest BCUT2D eigenvalue weighted by molar-refractivity contribution is 7.92. The van der Waals surface area contributed by atoms with Gasteiger partial charge in [0.05, 0.1) is 6.26 Å². The smallest absolute Gasteiger partial charge is 0.350 e. The van der Waals surface area contributed by atoms with Crippen molar-refractivity contribution in [1.82, 2.24) is 15.0 Å². The van der Waals surface area contributed by atoms with Gasteiger partial charge >= 0.3 is 6.18 Å². The first-order valence-electron chi connectivity index (χ1n) is 6.71. The summed E-state index contributed by atoms with van der Waals surface area (Å²) in [5, 5.41) is 1.96. The van der Waals surface area contributed by atoms with Gasteiger partial charge in [0.15, 0.2) is 0 Å². The molecule has 0 bridgehead atoms. The molecule has 0 atom stereocenters. The van der Waals surface area contributed by atoms with Crippen LogP contribution in [0, 0.1) is 0 Å². The van der Waals surface area contributed by atoms with Gasteiger partial charge in [0.1, 0.15) is 16.5 Å². The van der Waals surface area contributed by atoms with Crippen molar-refractivity contribution >= 4 is 33.4 Å². The van der Waals surface area contributed by atoms with Crippen LogP contribution in [0.5, 0.6) is 0 Å². The molecule has 0 fully saturated rings. The molecule has 0 radical (unpaired) electrons. The van der Waals surface area contributed by atoms with Gasteiger partial charge < -0.3 is 5.32 Å². The van der Waals surface area contributed by atoms with Crippen molar-refractivity contribution in [2.75, 3.05) is 22.9 Å². The summed E-state index contributed by atoms with van der Waals surface area (Å²) < 4.78 is 62.2. The maximum atomic E-state index is 12.6. The molecule has 2 aromatic rings. The highest BCUT2D eigenvalue weighted by Crippen LogP contribution is 2.33. The van der Waals surface area contributed by atoms with E-state index in [9.17, 15) is 21.6 Å². The van der Waals surface area contributed by atoms with Gasteiger partial charge in [-0.25, -0.2) is 23.4 Å². The topological polar surface area (TPSA) is 88.1 Å². The second kappa shape index (κ2) is 7.00. The minimum atomic E-state index is -4.65. The average Bonchev–Trinajstić information content (AvgIpc) is 2.50. The summed E-state index contributed by atoms with van der Waals surface area (Å²) in [6.07, 6.45) is -1.63. The van der Waals surface area contributed by atoms with Gasteiger partial charge in [-0.15, -0.1) is 0 Å². The monoisotopic (exact) mass is 395 g/mol. The van der Waals surface area contributed by atoms with E-state index in [1.54, 1.807) is 12.1 Å². The molecule has 1 N–H and O–H groups in total. The number of anilines is 2. The first kappa shape index (κ1) is 19.2. The molecule has 25 heavy (non-hydrogen) atoms. The van der Waals surface area contributed by atoms with Crippen LogP contribution in [0.2, 0.25) is 5.15 Å². The number of pyridine rings is 1. The molecule has 12 heteroatoms. The first-order chi connectivity index (χ1) is 11.5. The minimum absolute atomic E-state index is 0.0325. The Balaban J connectivity index is 2.22. The van der Waals surface area contributed by atoms with Gasteiger partial charge in [-0.2, -0.15) is 13.2 Å². The Bertz CT molecular complexity index is 876. The van der Waals surface area contributed by atoms with E-state index in [4.69, 9.17) is 11.6 Å². The van der Waals surface area contributed by atoms with Crippen LogP contribution in [-0.4, -0.2) is 36.7 Å². The Hall–Kier alpha value is -2.14. The molecule has 2 aromatic heterocycles. The summed E-state index contributed by atoms with van der Waals surface area (Å²) in [6.45, 7) is 0.0325. The highest BCUT2D eigenvalue weighted by atomic mass is 35.5. The molecule has 0 unspecified atom stereocenters. The second-order valence-corrected chi connectivity index (χ2v) is 7.34. The summed E-state index contributed by atoms with van der Waals surface area (Å²) in [5.74, 6) is 0.0466. The SMILES string of the molecule is CN(c1ncccc1CNc1ncc(C(F)(F)F)c(Cl)n1)S(C)(=O)=O. The van der Waals surface area contributed by atoms with Gasteiger partial charge in [-0.05, 0) is 6.07 Å². The molecular weight excluding hydrogens is 383 g/mol. The number of nitrogens with zero attached hydrogens (tertiary/aromatic N) is 4. The maximum absolute atomic E-state index is 12.6. The van der Waals surface area contributed by atoms with E-state index >= 15 is 0 Å². The van der Waals surface area contributed by atoms with Crippen molar-refractivity contribution in [2.45, 2.75) is 12.7 Å². The molecule has 0 amide bonds. The Labute approximate surface area is 146 Å². The van der Waals surface area contributed by atoms with E-state index < -0.39 is 26.9 Å². The number of alkyl halides is 3. The standard InChI is InChI=1S/C13H13ClF3N5O2S/c1-22(25(2,23)24)11-8(4-3-5-18-11)6-19-12-20-7-9(10(14)21-12)13(15,16)17/h3-5,7H,6H2,1-2H3,(H,19,20,21). The van der Waals surface area contributed by atoms with E-state index in [0.29, 0.717) is 11.8 Å². The van der Waals surface area contributed by atoms with Gasteiger partial charge in [0.25, 0.3) is 0 Å². The zero-order chi connectivity index (χ0) is 18.8. The van der Waals surface area contributed by atoms with Crippen LogP contribution >= 0.6 is 11.6 Å². The van der Waals surface area contributed by atoms with Crippen LogP contribution < -0.4 is 9.62 Å². The fourth-order valence-electron chi connectivity index (χ4n) is 1.82. The lowest BCUT2D eigenvalue weighted by Crippen LogP contribution is -2.27. The lowest BCUT2D eigenvalue weighted by molar-refractivity contribution is -0.137. The molecule has 0 aliphatic heterocycles. The van der Waals surface area contributed by atoms with Gasteiger partial charge in [0.2, 0.25) is 16.0 Å². The van der Waals surface area contributed by atoms with Crippen molar-refractivity contribution in [3.63, 3.8) is 0 Å². The lowest BCUT2D eigenvalue weighted by Gasteiger charge is -2.19. The van der Waals surface area contributed by atoms with Gasteiger partial charge in [-0.1, -0.05) is 17.7 Å². The van der Waals surface area contributed by atoms with E-state index in [-0.39, 0.29) is 18.3 Å². The quantitative estimate of drug-likeness (QED) is 0.783. The van der Waals surface area contributed by atoms with Crippen LogP contribution in [0.3, 0.4) is 0 Å². The minimum Gasteiger partial charge on any atom is -0.350 e. The Morgan fingerprint density at radius 1 is 1.32 bits per heavy atom. The van der Waals surface area contributed by atoms with E-state index in [1.165, 1.54) is 13.2 Å². The summed E-state index contributed by atoms with van der Waals surface area (Å²) >= 11 is 5.53. The van der Waals surface area contributed by atoms with Crippen molar-refractivity contribution in [3.8, 4) is 0 Å². The Morgan fingerprint density at radius 3 is 2.56 bits per heavy atom. The third-order valence-corrected chi connectivity index (χ3v) is 4.60. The van der Waals surface area contributed by atoms with Crippen molar-refractivity contribution in [2.24, 2.45) is 0 Å². The van der Waals surface area contributed by atoms with Crippen LogP contribution in [0.15, 0.2) is 24.5 Å². The molecule has 0 aromatic carbocycles. The fraction of sp³-hybridized carbons (Fsp3) is 0.308. The third kappa shape index (κ3) is 4.69. The summed E-state index contributed by atoms with van der Waals surface area (Å²) in [5.41, 5.74) is -0.659. The lowest BCUT2D eigenvalue weighted by atomic mass is 10.2. The van der Waals surface area contributed by atoms with Gasteiger partial charge in [-0.3, -0.25) is 4.31 Å². The summed E-state index contributed by atoms with van der Waals surface area (Å²) in [6, 6.07) is 3.21. The zero-order valence-electron chi connectivity index (χ0n) is 13.0. The fourth-order valence-corrected chi connectivity index (χ4v) is 2.53. The summed E-state index contributed by atoms with van der Waals surface area (Å²) in [7, 11) is -2.18. The zero-order valence-corrected chi connectivity index (χ0v) is 14.6. The van der Waals surface area contributed by atoms with E-state index in [1.807, 2.05) is 0 Å². The van der Waals surface area contributed by atoms with Crippen LogP contribution in [0.1, 0.15) is 11.1 Å². The molecule has 0 saturated heterocycles. The average molecular weight is 396 g/mol. The molecule has 0 saturated carbocycles. The van der Waals surface area contributed by atoms with E-state index in [0.717, 1.165) is 10.6 Å². The maximum Gasteiger partial charge on any atom is 0.420 e. The van der Waals surface area contributed by atoms with Crippen LogP contribution in [0.25, 0.3) is 0 Å². The molecule has 0 spiro atoms.